The van der Waals surface area contributed by atoms with Crippen LogP contribution in [0.3, 0.4) is 0 Å². The Morgan fingerprint density at radius 2 is 1.92 bits per heavy atom. The molecule has 0 bridgehead atoms. The van der Waals surface area contributed by atoms with E-state index in [-0.39, 0.29) is 17.9 Å². The molecule has 0 atom stereocenters. The fourth-order valence-electron chi connectivity index (χ4n) is 2.56. The summed E-state index contributed by atoms with van der Waals surface area (Å²) in [6.07, 6.45) is 1.60. The van der Waals surface area contributed by atoms with E-state index in [9.17, 15) is 4.39 Å². The fraction of sp³-hybridized carbons (Fsp3) is 0.333. The van der Waals surface area contributed by atoms with Crippen LogP contribution in [0.1, 0.15) is 32.0 Å². The Hall–Kier alpha value is -2.71. The first-order valence-electron chi connectivity index (χ1n) is 8.43. The number of aromatic nitrogens is 2. The first-order valence-corrected chi connectivity index (χ1v) is 8.43. The number of hydrogen-bond acceptors (Lipinski definition) is 7. The van der Waals surface area contributed by atoms with Gasteiger partial charge in [0.05, 0.1) is 24.1 Å². The molecule has 0 amide bonds. The van der Waals surface area contributed by atoms with Crippen LogP contribution in [0.4, 0.5) is 4.39 Å². The van der Waals surface area contributed by atoms with Crippen molar-refractivity contribution in [1.29, 1.82) is 0 Å². The van der Waals surface area contributed by atoms with E-state index in [1.54, 1.807) is 34.7 Å². The molecule has 1 aliphatic rings. The number of halogens is 1. The van der Waals surface area contributed by atoms with E-state index in [1.807, 2.05) is 27.8 Å². The molecular weight excluding hydrogens is 337 g/mol. The molecule has 0 saturated heterocycles. The first kappa shape index (κ1) is 18.1. The molecule has 0 fully saturated rings. The highest BCUT2D eigenvalue weighted by Gasteiger charge is 2.31. The Morgan fingerprint density at radius 1 is 1.19 bits per heavy atom. The maximum Gasteiger partial charge on any atom is 0.317 e. The quantitative estimate of drug-likeness (QED) is 0.851. The lowest BCUT2D eigenvalue weighted by atomic mass is 10.1. The summed E-state index contributed by atoms with van der Waals surface area (Å²) < 4.78 is 18.9. The average molecular weight is 359 g/mol. The fourth-order valence-corrected chi connectivity index (χ4v) is 2.56. The van der Waals surface area contributed by atoms with Crippen molar-refractivity contribution in [3.8, 4) is 6.01 Å². The van der Waals surface area contributed by atoms with E-state index in [4.69, 9.17) is 9.57 Å². The van der Waals surface area contributed by atoms with Crippen LogP contribution in [-0.4, -0.2) is 40.0 Å². The highest BCUT2D eigenvalue weighted by Crippen LogP contribution is 2.33. The van der Waals surface area contributed by atoms with Gasteiger partial charge in [-0.05, 0) is 51.1 Å². The minimum absolute atomic E-state index is 0.0387. The Morgan fingerprint density at radius 3 is 2.58 bits per heavy atom. The summed E-state index contributed by atoms with van der Waals surface area (Å²) in [4.78, 5) is 14.4. The second-order valence-corrected chi connectivity index (χ2v) is 5.95. The van der Waals surface area contributed by atoms with Crippen LogP contribution < -0.4 is 10.2 Å². The SMILES string of the molecule is CCON1C(c2ccnc(OC(C)C)n2)=C(c2ccc(F)cc2)NN1C. The molecule has 3 rings (SSSR count). The number of nitrogens with zero attached hydrogens (tertiary/aromatic N) is 4. The third-order valence-electron chi connectivity index (χ3n) is 3.58. The predicted molar refractivity (Wildman–Crippen MR) is 95.4 cm³/mol. The van der Waals surface area contributed by atoms with Crippen LogP contribution in [0.2, 0.25) is 0 Å². The van der Waals surface area contributed by atoms with Gasteiger partial charge >= 0.3 is 6.01 Å². The van der Waals surface area contributed by atoms with E-state index in [0.29, 0.717) is 18.0 Å². The third kappa shape index (κ3) is 3.76. The molecule has 1 N–H and O–H groups in total. The Labute approximate surface area is 152 Å². The van der Waals surface area contributed by atoms with Crippen molar-refractivity contribution in [1.82, 2.24) is 25.7 Å². The van der Waals surface area contributed by atoms with E-state index < -0.39 is 0 Å². The van der Waals surface area contributed by atoms with E-state index in [1.165, 1.54) is 12.1 Å². The molecule has 0 saturated carbocycles. The maximum absolute atomic E-state index is 13.3. The summed E-state index contributed by atoms with van der Waals surface area (Å²) in [5, 5.41) is 3.31. The second-order valence-electron chi connectivity index (χ2n) is 5.95. The van der Waals surface area contributed by atoms with Crippen molar-refractivity contribution >= 4 is 11.4 Å². The molecule has 2 heterocycles. The van der Waals surface area contributed by atoms with Crippen molar-refractivity contribution < 1.29 is 14.0 Å². The standard InChI is InChI=1S/C18H22FN5O2/c1-5-25-24-17(15-10-11-20-18(21-15)26-12(2)3)16(22-23(24)4)13-6-8-14(19)9-7-13/h6-12,22H,5H2,1-4H3. The zero-order chi connectivity index (χ0) is 18.7. The van der Waals surface area contributed by atoms with Crippen LogP contribution in [0, 0.1) is 5.82 Å². The molecule has 7 nitrogen and oxygen atoms in total. The monoisotopic (exact) mass is 359 g/mol. The number of nitrogens with one attached hydrogen (secondary N) is 1. The second kappa shape index (κ2) is 7.67. The largest absolute Gasteiger partial charge is 0.461 e. The lowest BCUT2D eigenvalue weighted by Gasteiger charge is -2.25. The van der Waals surface area contributed by atoms with Crippen molar-refractivity contribution in [2.24, 2.45) is 0 Å². The molecule has 0 radical (unpaired) electrons. The van der Waals surface area contributed by atoms with E-state index >= 15 is 0 Å². The number of rotatable bonds is 6. The molecule has 2 aromatic rings. The molecular formula is C18H22FN5O2. The van der Waals surface area contributed by atoms with Crippen molar-refractivity contribution in [2.75, 3.05) is 13.7 Å². The van der Waals surface area contributed by atoms with Gasteiger partial charge in [0.25, 0.3) is 0 Å². The Bertz CT molecular complexity index is 794. The Balaban J connectivity index is 2.09. The van der Waals surface area contributed by atoms with Crippen LogP contribution in [0.5, 0.6) is 6.01 Å². The number of ether oxygens (including phenoxy) is 1. The van der Waals surface area contributed by atoms with Gasteiger partial charge < -0.3 is 4.74 Å². The van der Waals surface area contributed by atoms with Gasteiger partial charge in [0.15, 0.2) is 0 Å². The lowest BCUT2D eigenvalue weighted by molar-refractivity contribution is -0.231. The highest BCUT2D eigenvalue weighted by molar-refractivity contribution is 5.88. The molecule has 1 aliphatic heterocycles. The lowest BCUT2D eigenvalue weighted by Crippen LogP contribution is -2.39. The van der Waals surface area contributed by atoms with Crippen LogP contribution in [0.15, 0.2) is 36.5 Å². The van der Waals surface area contributed by atoms with Crippen molar-refractivity contribution in [3.63, 3.8) is 0 Å². The highest BCUT2D eigenvalue weighted by atomic mass is 19.1. The van der Waals surface area contributed by atoms with Gasteiger partial charge in [-0.1, -0.05) is 0 Å². The number of benzene rings is 1. The summed E-state index contributed by atoms with van der Waals surface area (Å²) in [7, 11) is 1.82. The zero-order valence-electron chi connectivity index (χ0n) is 15.2. The maximum atomic E-state index is 13.3. The van der Waals surface area contributed by atoms with Crippen LogP contribution in [0.25, 0.3) is 11.4 Å². The molecule has 0 aliphatic carbocycles. The summed E-state index contributed by atoms with van der Waals surface area (Å²) in [6.45, 7) is 6.19. The molecule has 1 aromatic heterocycles. The molecule has 138 valence electrons. The molecule has 26 heavy (non-hydrogen) atoms. The Kier molecular flexibility index (Phi) is 5.34. The van der Waals surface area contributed by atoms with Gasteiger partial charge in [-0.15, -0.1) is 5.12 Å². The summed E-state index contributed by atoms with van der Waals surface area (Å²) in [5.41, 5.74) is 6.09. The molecule has 1 aromatic carbocycles. The molecule has 8 heteroatoms. The third-order valence-corrected chi connectivity index (χ3v) is 3.58. The van der Waals surface area contributed by atoms with Gasteiger partial charge in [0, 0.05) is 18.8 Å². The van der Waals surface area contributed by atoms with Gasteiger partial charge in [0.2, 0.25) is 0 Å². The van der Waals surface area contributed by atoms with Gasteiger partial charge in [-0.2, -0.15) is 10.2 Å². The van der Waals surface area contributed by atoms with Gasteiger partial charge in [-0.25, -0.2) is 9.37 Å². The van der Waals surface area contributed by atoms with Crippen LogP contribution in [-0.2, 0) is 4.84 Å². The predicted octanol–water partition coefficient (Wildman–Crippen LogP) is 2.85. The van der Waals surface area contributed by atoms with Crippen LogP contribution >= 0.6 is 0 Å². The number of hydrazine groups is 2. The van der Waals surface area contributed by atoms with Gasteiger partial charge in [-0.3, -0.25) is 10.3 Å². The summed E-state index contributed by atoms with van der Waals surface area (Å²) in [5.74, 6) is -0.293. The summed E-state index contributed by atoms with van der Waals surface area (Å²) in [6, 6.07) is 8.30. The smallest absolute Gasteiger partial charge is 0.317 e. The van der Waals surface area contributed by atoms with E-state index in [2.05, 4.69) is 15.4 Å². The van der Waals surface area contributed by atoms with E-state index in [0.717, 1.165) is 11.3 Å². The summed E-state index contributed by atoms with van der Waals surface area (Å²) >= 11 is 0. The van der Waals surface area contributed by atoms with Crippen molar-refractivity contribution in [2.45, 2.75) is 26.9 Å². The number of hydroxylamine groups is 1. The minimum Gasteiger partial charge on any atom is -0.461 e. The molecule has 0 spiro atoms. The van der Waals surface area contributed by atoms with Crippen molar-refractivity contribution in [3.05, 3.63) is 53.6 Å². The average Bonchev–Trinajstić information content (AvgIpc) is 2.92. The molecule has 0 unspecified atom stereocenters. The zero-order valence-corrected chi connectivity index (χ0v) is 15.2. The topological polar surface area (TPSA) is 62.8 Å². The number of hydrogen-bond donors (Lipinski definition) is 1. The first-order chi connectivity index (χ1) is 12.5. The normalized spacial score (nSPS) is 14.9. The van der Waals surface area contributed by atoms with Gasteiger partial charge in [0.1, 0.15) is 11.5 Å². The minimum atomic E-state index is -0.293.